The molecule has 0 spiro atoms. The van der Waals surface area contributed by atoms with Crippen LogP contribution in [0.5, 0.6) is 0 Å². The lowest BCUT2D eigenvalue weighted by Crippen LogP contribution is -2.47. The van der Waals surface area contributed by atoms with Crippen molar-refractivity contribution < 1.29 is 0 Å². The molecule has 62 valence electrons. The van der Waals surface area contributed by atoms with Crippen molar-refractivity contribution in [2.24, 2.45) is 0 Å². The van der Waals surface area contributed by atoms with Gasteiger partial charge in [-0.1, -0.05) is 0 Å². The number of nitrogens with zero attached hydrogens (tertiary/aromatic N) is 2. The Labute approximate surface area is 68.2 Å². The molecule has 3 fully saturated rings. The van der Waals surface area contributed by atoms with Gasteiger partial charge in [0.1, 0.15) is 0 Å². The minimum atomic E-state index is 0.941. The van der Waals surface area contributed by atoms with E-state index < -0.39 is 0 Å². The Balaban J connectivity index is 1.74. The maximum absolute atomic E-state index is 2.77. The summed E-state index contributed by atoms with van der Waals surface area (Å²) in [5, 5.41) is 0. The van der Waals surface area contributed by atoms with E-state index in [0.717, 1.165) is 12.1 Å². The molecule has 2 heteroatoms. The van der Waals surface area contributed by atoms with Gasteiger partial charge in [0.05, 0.1) is 0 Å². The number of rotatable bonds is 1. The highest BCUT2D eigenvalue weighted by atomic mass is 15.3. The second kappa shape index (κ2) is 2.20. The first kappa shape index (κ1) is 6.44. The van der Waals surface area contributed by atoms with Crippen LogP contribution >= 0.6 is 0 Å². The maximum Gasteiger partial charge on any atom is 0.0238 e. The third-order valence-electron chi connectivity index (χ3n) is 3.41. The van der Waals surface area contributed by atoms with Gasteiger partial charge >= 0.3 is 0 Å². The first-order valence-corrected chi connectivity index (χ1v) is 4.91. The second-order valence-electron chi connectivity index (χ2n) is 4.21. The van der Waals surface area contributed by atoms with Gasteiger partial charge in [-0.3, -0.25) is 4.90 Å². The number of fused-ring (bicyclic) bond motifs is 2. The summed E-state index contributed by atoms with van der Waals surface area (Å²) >= 11 is 0. The van der Waals surface area contributed by atoms with Gasteiger partial charge < -0.3 is 4.90 Å². The molecule has 2 unspecified atom stereocenters. The van der Waals surface area contributed by atoms with Gasteiger partial charge in [0.25, 0.3) is 0 Å². The van der Waals surface area contributed by atoms with E-state index in [-0.39, 0.29) is 0 Å². The van der Waals surface area contributed by atoms with Crippen LogP contribution in [0.2, 0.25) is 0 Å². The molecule has 0 aromatic heterocycles. The lowest BCUT2D eigenvalue weighted by molar-refractivity contribution is 0.128. The van der Waals surface area contributed by atoms with Crippen LogP contribution in [0.15, 0.2) is 0 Å². The van der Waals surface area contributed by atoms with Crippen molar-refractivity contribution in [1.29, 1.82) is 0 Å². The molecule has 0 radical (unpaired) electrons. The molecule has 1 saturated carbocycles. The summed E-state index contributed by atoms with van der Waals surface area (Å²) in [6, 6.07) is 1.94. The van der Waals surface area contributed by atoms with E-state index in [0.29, 0.717) is 0 Å². The minimum Gasteiger partial charge on any atom is -0.300 e. The molecule has 2 atom stereocenters. The molecule has 0 amide bonds. The van der Waals surface area contributed by atoms with E-state index in [2.05, 4.69) is 9.80 Å². The third-order valence-corrected chi connectivity index (χ3v) is 3.41. The topological polar surface area (TPSA) is 6.48 Å². The Hall–Kier alpha value is -0.0800. The van der Waals surface area contributed by atoms with E-state index in [1.165, 1.54) is 45.4 Å². The fraction of sp³-hybridized carbons (Fsp3) is 1.00. The van der Waals surface area contributed by atoms with E-state index in [1.807, 2.05) is 0 Å². The van der Waals surface area contributed by atoms with Gasteiger partial charge in [0, 0.05) is 31.7 Å². The van der Waals surface area contributed by atoms with Gasteiger partial charge in [-0.15, -0.1) is 0 Å². The SMILES string of the molecule is C1CC1N1CCN2CCC1C2. The van der Waals surface area contributed by atoms with Gasteiger partial charge in [-0.05, 0) is 25.8 Å². The van der Waals surface area contributed by atoms with Crippen LogP contribution in [0, 0.1) is 0 Å². The Kier molecular flexibility index (Phi) is 1.29. The van der Waals surface area contributed by atoms with Gasteiger partial charge in [0.2, 0.25) is 0 Å². The van der Waals surface area contributed by atoms with Crippen LogP contribution in [-0.2, 0) is 0 Å². The fourth-order valence-electron chi connectivity index (χ4n) is 2.61. The number of piperazine rings is 1. The molecule has 3 rings (SSSR count). The quantitative estimate of drug-likeness (QED) is 0.541. The first-order valence-electron chi connectivity index (χ1n) is 4.91. The van der Waals surface area contributed by atoms with Crippen molar-refractivity contribution >= 4 is 0 Å². The third kappa shape index (κ3) is 1.00. The first-order chi connectivity index (χ1) is 5.43. The summed E-state index contributed by atoms with van der Waals surface area (Å²) in [6.07, 6.45) is 4.41. The summed E-state index contributed by atoms with van der Waals surface area (Å²) in [7, 11) is 0. The van der Waals surface area contributed by atoms with Gasteiger partial charge in [-0.2, -0.15) is 0 Å². The average molecular weight is 152 g/mol. The van der Waals surface area contributed by atoms with Crippen LogP contribution in [-0.4, -0.2) is 48.1 Å². The van der Waals surface area contributed by atoms with E-state index in [9.17, 15) is 0 Å². The van der Waals surface area contributed by atoms with Crippen molar-refractivity contribution in [3.8, 4) is 0 Å². The van der Waals surface area contributed by atoms with Crippen molar-refractivity contribution in [3.63, 3.8) is 0 Å². The van der Waals surface area contributed by atoms with E-state index in [4.69, 9.17) is 0 Å². The molecule has 2 saturated heterocycles. The maximum atomic E-state index is 2.77. The Morgan fingerprint density at radius 2 is 1.73 bits per heavy atom. The zero-order valence-corrected chi connectivity index (χ0v) is 7.00. The summed E-state index contributed by atoms with van der Waals surface area (Å²) < 4.78 is 0. The van der Waals surface area contributed by atoms with Crippen LogP contribution < -0.4 is 0 Å². The number of hydrogen-bond donors (Lipinski definition) is 0. The molecule has 1 aliphatic carbocycles. The molecule has 2 aliphatic heterocycles. The van der Waals surface area contributed by atoms with Crippen LogP contribution in [0.4, 0.5) is 0 Å². The van der Waals surface area contributed by atoms with Crippen LogP contribution in [0.25, 0.3) is 0 Å². The molecular weight excluding hydrogens is 136 g/mol. The summed E-state index contributed by atoms with van der Waals surface area (Å²) in [5.41, 5.74) is 0. The highest BCUT2D eigenvalue weighted by Crippen LogP contribution is 2.33. The minimum absolute atomic E-state index is 0.941. The highest BCUT2D eigenvalue weighted by Gasteiger charge is 2.39. The molecule has 0 N–H and O–H groups in total. The highest BCUT2D eigenvalue weighted by molar-refractivity contribution is 4.96. The largest absolute Gasteiger partial charge is 0.300 e. The molecule has 11 heavy (non-hydrogen) atoms. The lowest BCUT2D eigenvalue weighted by atomic mass is 10.2. The number of hydrogen-bond acceptors (Lipinski definition) is 2. The summed E-state index contributed by atoms with van der Waals surface area (Å²) in [6.45, 7) is 5.44. The van der Waals surface area contributed by atoms with Crippen molar-refractivity contribution in [3.05, 3.63) is 0 Å². The Bertz CT molecular complexity index is 165. The molecular formula is C9H16N2. The molecule has 0 aromatic rings. The fourth-order valence-corrected chi connectivity index (χ4v) is 2.61. The molecule has 2 bridgehead atoms. The molecule has 2 nitrogen and oxygen atoms in total. The molecule has 0 aromatic carbocycles. The van der Waals surface area contributed by atoms with E-state index in [1.54, 1.807) is 0 Å². The van der Waals surface area contributed by atoms with E-state index >= 15 is 0 Å². The van der Waals surface area contributed by atoms with Crippen LogP contribution in [0.1, 0.15) is 19.3 Å². The standard InChI is InChI=1S/C9H16N2/c1-2-8(1)11-6-5-10-4-3-9(11)7-10/h8-9H,1-7H2. The second-order valence-corrected chi connectivity index (χ2v) is 4.21. The zero-order chi connectivity index (χ0) is 7.26. The molecule has 3 aliphatic rings. The van der Waals surface area contributed by atoms with Crippen molar-refractivity contribution in [2.75, 3.05) is 26.2 Å². The monoisotopic (exact) mass is 152 g/mol. The Morgan fingerprint density at radius 1 is 0.818 bits per heavy atom. The molecule has 2 heterocycles. The predicted octanol–water partition coefficient (Wildman–Crippen LogP) is 0.539. The zero-order valence-electron chi connectivity index (χ0n) is 7.00. The van der Waals surface area contributed by atoms with Gasteiger partial charge in [0.15, 0.2) is 0 Å². The predicted molar refractivity (Wildman–Crippen MR) is 44.6 cm³/mol. The van der Waals surface area contributed by atoms with Crippen molar-refractivity contribution in [2.45, 2.75) is 31.3 Å². The average Bonchev–Trinajstić information content (AvgIpc) is 2.77. The van der Waals surface area contributed by atoms with Gasteiger partial charge in [-0.25, -0.2) is 0 Å². The Morgan fingerprint density at radius 3 is 2.55 bits per heavy atom. The summed E-state index contributed by atoms with van der Waals surface area (Å²) in [4.78, 5) is 5.38. The summed E-state index contributed by atoms with van der Waals surface area (Å²) in [5.74, 6) is 0. The van der Waals surface area contributed by atoms with Crippen LogP contribution in [0.3, 0.4) is 0 Å². The lowest BCUT2D eigenvalue weighted by Gasteiger charge is -2.34. The normalized spacial score (nSPS) is 44.7. The van der Waals surface area contributed by atoms with Crippen molar-refractivity contribution in [1.82, 2.24) is 9.80 Å². The smallest absolute Gasteiger partial charge is 0.0238 e.